The molecule has 0 spiro atoms. The molecule has 0 saturated heterocycles. The van der Waals surface area contributed by atoms with Crippen LogP contribution in [-0.4, -0.2) is 19.5 Å². The summed E-state index contributed by atoms with van der Waals surface area (Å²) >= 11 is 0. The average Bonchev–Trinajstić information content (AvgIpc) is 3.07. The maximum atomic E-state index is 4.76. The van der Waals surface area contributed by atoms with E-state index in [9.17, 15) is 0 Å². The Hall–Kier alpha value is -2.69. The van der Waals surface area contributed by atoms with E-state index in [1.165, 1.54) is 24.8 Å². The molecule has 0 bridgehead atoms. The molecule has 2 aromatic heterocycles. The molecule has 5 heteroatoms. The second-order valence-corrected chi connectivity index (χ2v) is 6.81. The molecular weight excluding hydrogens is 310 g/mol. The Kier molecular flexibility index (Phi) is 4.22. The Labute approximate surface area is 148 Å². The summed E-state index contributed by atoms with van der Waals surface area (Å²) in [6.07, 6.45) is 9.28. The molecule has 1 aliphatic rings. The van der Waals surface area contributed by atoms with Crippen molar-refractivity contribution in [2.45, 2.75) is 45.1 Å². The highest BCUT2D eigenvalue weighted by Gasteiger charge is 2.23. The first-order valence-electron chi connectivity index (χ1n) is 8.89. The highest BCUT2D eigenvalue weighted by molar-refractivity contribution is 5.43. The van der Waals surface area contributed by atoms with Gasteiger partial charge in [-0.25, -0.2) is 15.0 Å². The van der Waals surface area contributed by atoms with Crippen LogP contribution in [0.3, 0.4) is 0 Å². The number of rotatable bonds is 5. The Bertz CT molecular complexity index is 852. The van der Waals surface area contributed by atoms with Crippen molar-refractivity contribution in [2.75, 3.05) is 5.32 Å². The van der Waals surface area contributed by atoms with Crippen LogP contribution < -0.4 is 5.32 Å². The molecular formula is C20H23N5. The van der Waals surface area contributed by atoms with Gasteiger partial charge in [0.05, 0.1) is 12.4 Å². The van der Waals surface area contributed by atoms with Gasteiger partial charge in [-0.1, -0.05) is 18.6 Å². The molecule has 1 atom stereocenters. The lowest BCUT2D eigenvalue weighted by atomic mass is 9.85. The van der Waals surface area contributed by atoms with E-state index in [1.807, 2.05) is 30.1 Å². The fourth-order valence-corrected chi connectivity index (χ4v) is 3.19. The number of nitrogens with zero attached hydrogens (tertiary/aromatic N) is 4. The van der Waals surface area contributed by atoms with E-state index in [0.717, 1.165) is 23.0 Å². The second-order valence-electron chi connectivity index (χ2n) is 6.81. The first kappa shape index (κ1) is 15.8. The lowest BCUT2D eigenvalue weighted by molar-refractivity contribution is 0.401. The number of hydrogen-bond donors (Lipinski definition) is 1. The third kappa shape index (κ3) is 3.40. The van der Waals surface area contributed by atoms with Crippen molar-refractivity contribution in [3.05, 3.63) is 66.1 Å². The number of nitrogens with one attached hydrogen (secondary N) is 1. The van der Waals surface area contributed by atoms with Crippen molar-refractivity contribution in [2.24, 2.45) is 0 Å². The number of aromatic nitrogens is 4. The zero-order valence-electron chi connectivity index (χ0n) is 14.7. The zero-order valence-corrected chi connectivity index (χ0v) is 14.7. The third-order valence-corrected chi connectivity index (χ3v) is 4.88. The van der Waals surface area contributed by atoms with E-state index in [0.29, 0.717) is 5.92 Å². The van der Waals surface area contributed by atoms with Crippen LogP contribution in [0.2, 0.25) is 0 Å². The second kappa shape index (κ2) is 6.67. The van der Waals surface area contributed by atoms with Gasteiger partial charge in [0.1, 0.15) is 11.6 Å². The molecule has 1 unspecified atom stereocenters. The number of benzene rings is 1. The average molecular weight is 333 g/mol. The Morgan fingerprint density at radius 1 is 1.20 bits per heavy atom. The van der Waals surface area contributed by atoms with Crippen molar-refractivity contribution in [3.63, 3.8) is 0 Å². The molecule has 1 aromatic carbocycles. The van der Waals surface area contributed by atoms with Crippen LogP contribution in [0.5, 0.6) is 0 Å². The molecule has 1 saturated carbocycles. The van der Waals surface area contributed by atoms with Gasteiger partial charge < -0.3 is 9.88 Å². The summed E-state index contributed by atoms with van der Waals surface area (Å²) in [5, 5.41) is 3.54. The predicted molar refractivity (Wildman–Crippen MR) is 99.0 cm³/mol. The van der Waals surface area contributed by atoms with Crippen molar-refractivity contribution in [1.82, 2.24) is 19.5 Å². The largest absolute Gasteiger partial charge is 0.363 e. The van der Waals surface area contributed by atoms with Gasteiger partial charge in [-0.15, -0.1) is 0 Å². The summed E-state index contributed by atoms with van der Waals surface area (Å²) in [6.45, 7) is 4.20. The van der Waals surface area contributed by atoms with Crippen LogP contribution in [0.25, 0.3) is 5.69 Å². The van der Waals surface area contributed by atoms with E-state index < -0.39 is 0 Å². The summed E-state index contributed by atoms with van der Waals surface area (Å²) in [5.41, 5.74) is 3.35. The Morgan fingerprint density at radius 3 is 2.80 bits per heavy atom. The molecule has 0 radical (unpaired) electrons. The topological polar surface area (TPSA) is 55.6 Å². The molecule has 0 aliphatic heterocycles. The first-order chi connectivity index (χ1) is 12.2. The fourth-order valence-electron chi connectivity index (χ4n) is 3.19. The molecule has 5 nitrogen and oxygen atoms in total. The third-order valence-electron chi connectivity index (χ3n) is 4.88. The lowest BCUT2D eigenvalue weighted by Crippen LogP contribution is -2.15. The summed E-state index contributed by atoms with van der Waals surface area (Å²) in [4.78, 5) is 13.5. The van der Waals surface area contributed by atoms with Crippen molar-refractivity contribution >= 4 is 5.82 Å². The van der Waals surface area contributed by atoms with Crippen LogP contribution in [-0.2, 0) is 0 Å². The van der Waals surface area contributed by atoms with Gasteiger partial charge >= 0.3 is 0 Å². The molecule has 1 fully saturated rings. The highest BCUT2D eigenvalue weighted by atomic mass is 15.1. The van der Waals surface area contributed by atoms with Crippen LogP contribution >= 0.6 is 0 Å². The van der Waals surface area contributed by atoms with Gasteiger partial charge in [-0.3, -0.25) is 0 Å². The van der Waals surface area contributed by atoms with Crippen LogP contribution in [0.4, 0.5) is 5.82 Å². The van der Waals surface area contributed by atoms with E-state index in [-0.39, 0.29) is 6.04 Å². The van der Waals surface area contributed by atoms with Gasteiger partial charge in [0, 0.05) is 35.8 Å². The van der Waals surface area contributed by atoms with Crippen molar-refractivity contribution in [1.29, 1.82) is 0 Å². The summed E-state index contributed by atoms with van der Waals surface area (Å²) in [6, 6.07) is 10.7. The molecule has 25 heavy (non-hydrogen) atoms. The number of imidazole rings is 1. The molecule has 0 amide bonds. The summed E-state index contributed by atoms with van der Waals surface area (Å²) < 4.78 is 2.01. The quantitative estimate of drug-likeness (QED) is 0.751. The van der Waals surface area contributed by atoms with E-state index >= 15 is 0 Å². The van der Waals surface area contributed by atoms with Crippen LogP contribution in [0, 0.1) is 6.92 Å². The van der Waals surface area contributed by atoms with Gasteiger partial charge in [0.2, 0.25) is 0 Å². The SMILES string of the molecule is Cc1cc(NC(C)c2cccc(-n3ccnc3)c2)nc(C2CCC2)n1. The molecule has 3 aromatic rings. The fraction of sp³-hybridized carbons (Fsp3) is 0.350. The summed E-state index contributed by atoms with van der Waals surface area (Å²) in [7, 11) is 0. The minimum atomic E-state index is 0.159. The number of anilines is 1. The minimum Gasteiger partial charge on any atom is -0.363 e. The number of aryl methyl sites for hydroxylation is 1. The first-order valence-corrected chi connectivity index (χ1v) is 8.89. The molecule has 4 rings (SSSR count). The van der Waals surface area contributed by atoms with Crippen LogP contribution in [0.1, 0.15) is 55.2 Å². The smallest absolute Gasteiger partial charge is 0.134 e. The van der Waals surface area contributed by atoms with Crippen LogP contribution in [0.15, 0.2) is 49.1 Å². The van der Waals surface area contributed by atoms with Gasteiger partial charge in [-0.2, -0.15) is 0 Å². The zero-order chi connectivity index (χ0) is 17.2. The van der Waals surface area contributed by atoms with Crippen molar-refractivity contribution in [3.8, 4) is 5.69 Å². The normalized spacial score (nSPS) is 15.6. The molecule has 128 valence electrons. The maximum Gasteiger partial charge on any atom is 0.134 e. The highest BCUT2D eigenvalue weighted by Crippen LogP contribution is 2.35. The molecule has 2 heterocycles. The van der Waals surface area contributed by atoms with E-state index in [1.54, 1.807) is 6.20 Å². The van der Waals surface area contributed by atoms with Crippen molar-refractivity contribution < 1.29 is 0 Å². The molecule has 1 N–H and O–H groups in total. The molecule has 1 aliphatic carbocycles. The lowest BCUT2D eigenvalue weighted by Gasteiger charge is -2.25. The van der Waals surface area contributed by atoms with E-state index in [4.69, 9.17) is 4.98 Å². The van der Waals surface area contributed by atoms with Gasteiger partial charge in [-0.05, 0) is 44.4 Å². The Morgan fingerprint density at radius 2 is 2.08 bits per heavy atom. The monoisotopic (exact) mass is 333 g/mol. The minimum absolute atomic E-state index is 0.159. The van der Waals surface area contributed by atoms with Gasteiger partial charge in [0.25, 0.3) is 0 Å². The predicted octanol–water partition coefficient (Wildman–Crippen LogP) is 4.41. The maximum absolute atomic E-state index is 4.76. The number of hydrogen-bond acceptors (Lipinski definition) is 4. The van der Waals surface area contributed by atoms with Gasteiger partial charge in [0.15, 0.2) is 0 Å². The van der Waals surface area contributed by atoms with E-state index in [2.05, 4.69) is 46.5 Å². The summed E-state index contributed by atoms with van der Waals surface area (Å²) in [5.74, 6) is 2.45. The Balaban J connectivity index is 1.55. The standard InChI is InChI=1S/C20H23N5/c1-14-11-19(24-20(22-14)16-5-3-6-16)23-15(2)17-7-4-8-18(12-17)25-10-9-21-13-25/h4,7-13,15-16H,3,5-6H2,1-2H3,(H,22,23,24).